The number of hydrogen-bond acceptors (Lipinski definition) is 4. The van der Waals surface area contributed by atoms with Crippen LogP contribution in [-0.4, -0.2) is 21.9 Å². The zero-order valence-electron chi connectivity index (χ0n) is 14.5. The molecule has 7 heteroatoms. The summed E-state index contributed by atoms with van der Waals surface area (Å²) in [5.74, 6) is 0.362. The van der Waals surface area contributed by atoms with Gasteiger partial charge in [0.25, 0.3) is 5.91 Å². The van der Waals surface area contributed by atoms with E-state index in [1.165, 1.54) is 0 Å². The number of hydrogen-bond donors (Lipinski definition) is 1. The maximum Gasteiger partial charge on any atom is 0.262 e. The van der Waals surface area contributed by atoms with Gasteiger partial charge in [0.1, 0.15) is 5.75 Å². The van der Waals surface area contributed by atoms with Gasteiger partial charge in [-0.3, -0.25) is 9.20 Å². The minimum absolute atomic E-state index is 0.0781. The van der Waals surface area contributed by atoms with Gasteiger partial charge in [-0.25, -0.2) is 4.98 Å². The second-order valence-corrected chi connectivity index (χ2v) is 7.30. The highest BCUT2D eigenvalue weighted by molar-refractivity contribution is 7.15. The van der Waals surface area contributed by atoms with E-state index in [1.54, 1.807) is 35.6 Å². The smallest absolute Gasteiger partial charge is 0.262 e. The zero-order valence-corrected chi connectivity index (χ0v) is 16.1. The summed E-state index contributed by atoms with van der Waals surface area (Å²) in [6, 6.07) is 14.5. The summed E-state index contributed by atoms with van der Waals surface area (Å²) in [5.41, 5.74) is 3.67. The number of nitrogens with zero attached hydrogens (tertiary/aromatic N) is 2. The minimum atomic E-state index is -0.233. The minimum Gasteiger partial charge on any atom is -0.484 e. The van der Waals surface area contributed by atoms with Gasteiger partial charge in [-0.15, -0.1) is 11.3 Å². The van der Waals surface area contributed by atoms with Gasteiger partial charge in [0, 0.05) is 33.5 Å². The number of fused-ring (bicyclic) bond motifs is 1. The van der Waals surface area contributed by atoms with Crippen molar-refractivity contribution in [3.8, 4) is 17.0 Å². The van der Waals surface area contributed by atoms with Gasteiger partial charge in [0.2, 0.25) is 0 Å². The van der Waals surface area contributed by atoms with Crippen LogP contribution in [0.5, 0.6) is 5.75 Å². The van der Waals surface area contributed by atoms with E-state index in [2.05, 4.69) is 20.1 Å². The van der Waals surface area contributed by atoms with Crippen LogP contribution < -0.4 is 10.1 Å². The second-order valence-electron chi connectivity index (χ2n) is 6.03. The van der Waals surface area contributed by atoms with Crippen molar-refractivity contribution < 1.29 is 9.53 Å². The lowest BCUT2D eigenvalue weighted by atomic mass is 10.1. The topological polar surface area (TPSA) is 55.6 Å². The molecule has 2 aromatic carbocycles. The Labute approximate surface area is 165 Å². The Morgan fingerprint density at radius 3 is 2.85 bits per heavy atom. The number of aryl methyl sites for hydroxylation is 1. The van der Waals surface area contributed by atoms with Crippen molar-refractivity contribution in [2.24, 2.45) is 0 Å². The first-order chi connectivity index (χ1) is 13.1. The first-order valence-electron chi connectivity index (χ1n) is 8.30. The van der Waals surface area contributed by atoms with Crippen molar-refractivity contribution in [2.45, 2.75) is 6.92 Å². The molecule has 136 valence electrons. The molecule has 4 aromatic rings. The maximum atomic E-state index is 12.2. The molecule has 0 aliphatic rings. The third-order valence-electron chi connectivity index (χ3n) is 4.01. The van der Waals surface area contributed by atoms with Crippen molar-refractivity contribution in [3.63, 3.8) is 0 Å². The van der Waals surface area contributed by atoms with Gasteiger partial charge >= 0.3 is 0 Å². The van der Waals surface area contributed by atoms with Crippen LogP contribution in [0.15, 0.2) is 60.1 Å². The molecule has 2 aromatic heterocycles. The van der Waals surface area contributed by atoms with Crippen LogP contribution in [0.2, 0.25) is 5.02 Å². The number of rotatable bonds is 5. The standard InChI is InChI=1S/C20H16ClN3O2S/c1-13-12-27-20-23-18(10-24(13)20)14-3-2-4-16(9-14)22-19(25)11-26-17-7-5-15(21)6-8-17/h2-10,12H,11H2,1H3,(H,22,25). The van der Waals surface area contributed by atoms with Crippen molar-refractivity contribution in [1.29, 1.82) is 0 Å². The van der Waals surface area contributed by atoms with E-state index < -0.39 is 0 Å². The fourth-order valence-corrected chi connectivity index (χ4v) is 3.64. The molecule has 1 N–H and O–H groups in total. The molecule has 1 amide bonds. The van der Waals surface area contributed by atoms with Crippen molar-refractivity contribution in [3.05, 3.63) is 70.8 Å². The van der Waals surface area contributed by atoms with E-state index in [0.717, 1.165) is 21.9 Å². The highest BCUT2D eigenvalue weighted by Crippen LogP contribution is 2.25. The lowest BCUT2D eigenvalue weighted by molar-refractivity contribution is -0.118. The van der Waals surface area contributed by atoms with E-state index in [-0.39, 0.29) is 12.5 Å². The van der Waals surface area contributed by atoms with Crippen molar-refractivity contribution >= 4 is 39.5 Å². The van der Waals surface area contributed by atoms with Crippen LogP contribution >= 0.6 is 22.9 Å². The summed E-state index contributed by atoms with van der Waals surface area (Å²) < 4.78 is 7.53. The number of carbonyl (C=O) groups excluding carboxylic acids is 1. The molecule has 2 heterocycles. The van der Waals surface area contributed by atoms with Crippen LogP contribution in [0.4, 0.5) is 5.69 Å². The summed E-state index contributed by atoms with van der Waals surface area (Å²) in [6.45, 7) is 1.97. The predicted octanol–water partition coefficient (Wildman–Crippen LogP) is 5.04. The monoisotopic (exact) mass is 397 g/mol. The van der Waals surface area contributed by atoms with Gasteiger partial charge in [0.15, 0.2) is 11.6 Å². The Morgan fingerprint density at radius 1 is 1.26 bits per heavy atom. The first-order valence-corrected chi connectivity index (χ1v) is 9.56. The fourth-order valence-electron chi connectivity index (χ4n) is 2.67. The van der Waals surface area contributed by atoms with Gasteiger partial charge in [0.05, 0.1) is 5.69 Å². The second kappa shape index (κ2) is 7.42. The number of amides is 1. The van der Waals surface area contributed by atoms with Gasteiger partial charge in [-0.05, 0) is 43.3 Å². The van der Waals surface area contributed by atoms with Crippen molar-refractivity contribution in [2.75, 3.05) is 11.9 Å². The molecule has 0 saturated heterocycles. The highest BCUT2D eigenvalue weighted by atomic mass is 35.5. The van der Waals surface area contributed by atoms with E-state index in [1.807, 2.05) is 37.4 Å². The number of anilines is 1. The number of thiazole rings is 1. The Bertz CT molecular complexity index is 1100. The third-order valence-corrected chi connectivity index (χ3v) is 5.22. The van der Waals surface area contributed by atoms with Crippen LogP contribution in [0.1, 0.15) is 5.69 Å². The van der Waals surface area contributed by atoms with E-state index in [0.29, 0.717) is 16.5 Å². The molecule has 0 radical (unpaired) electrons. The molecule has 27 heavy (non-hydrogen) atoms. The predicted molar refractivity (Wildman–Crippen MR) is 109 cm³/mol. The normalized spacial score (nSPS) is 10.9. The molecular formula is C20H16ClN3O2S. The van der Waals surface area contributed by atoms with E-state index in [4.69, 9.17) is 16.3 Å². The highest BCUT2D eigenvalue weighted by Gasteiger charge is 2.09. The average Bonchev–Trinajstić information content (AvgIpc) is 3.24. The van der Waals surface area contributed by atoms with Gasteiger partial charge in [-0.1, -0.05) is 23.7 Å². The number of carbonyl (C=O) groups is 1. The number of aromatic nitrogens is 2. The zero-order chi connectivity index (χ0) is 18.8. The van der Waals surface area contributed by atoms with Crippen LogP contribution in [0.25, 0.3) is 16.2 Å². The van der Waals surface area contributed by atoms with Crippen molar-refractivity contribution in [1.82, 2.24) is 9.38 Å². The molecule has 0 atom stereocenters. The van der Waals surface area contributed by atoms with Crippen LogP contribution in [-0.2, 0) is 4.79 Å². The SMILES string of the molecule is Cc1csc2nc(-c3cccc(NC(=O)COc4ccc(Cl)cc4)c3)cn12. The summed E-state index contributed by atoms with van der Waals surface area (Å²) in [6.07, 6.45) is 2.01. The molecule has 0 spiro atoms. The summed E-state index contributed by atoms with van der Waals surface area (Å²) >= 11 is 7.44. The molecule has 5 nitrogen and oxygen atoms in total. The molecule has 0 saturated carbocycles. The number of ether oxygens (including phenoxy) is 1. The number of imidazole rings is 1. The Hall–Kier alpha value is -2.83. The molecule has 0 unspecified atom stereocenters. The quantitative estimate of drug-likeness (QED) is 0.513. The Kier molecular flexibility index (Phi) is 4.83. The largest absolute Gasteiger partial charge is 0.484 e. The Balaban J connectivity index is 1.44. The Morgan fingerprint density at radius 2 is 2.07 bits per heavy atom. The molecule has 4 rings (SSSR count). The number of nitrogens with one attached hydrogen (secondary N) is 1. The summed E-state index contributed by atoms with van der Waals surface area (Å²) in [7, 11) is 0. The summed E-state index contributed by atoms with van der Waals surface area (Å²) in [5, 5.41) is 5.55. The summed E-state index contributed by atoms with van der Waals surface area (Å²) in [4.78, 5) is 17.8. The van der Waals surface area contributed by atoms with Crippen LogP contribution in [0, 0.1) is 6.92 Å². The van der Waals surface area contributed by atoms with Crippen LogP contribution in [0.3, 0.4) is 0 Å². The fraction of sp³-hybridized carbons (Fsp3) is 0.100. The molecule has 0 bridgehead atoms. The lowest BCUT2D eigenvalue weighted by Crippen LogP contribution is -2.20. The lowest BCUT2D eigenvalue weighted by Gasteiger charge is -2.08. The third kappa shape index (κ3) is 3.97. The molecule has 0 fully saturated rings. The molecular weight excluding hydrogens is 382 g/mol. The van der Waals surface area contributed by atoms with Gasteiger partial charge in [-0.2, -0.15) is 0 Å². The number of halogens is 1. The molecule has 0 aliphatic heterocycles. The van der Waals surface area contributed by atoms with Gasteiger partial charge < -0.3 is 10.1 Å². The molecule has 0 aliphatic carbocycles. The van der Waals surface area contributed by atoms with E-state index >= 15 is 0 Å². The van der Waals surface area contributed by atoms with E-state index in [9.17, 15) is 4.79 Å². The average molecular weight is 398 g/mol. The first kappa shape index (κ1) is 17.6. The number of benzene rings is 2. The maximum absolute atomic E-state index is 12.2.